The van der Waals surface area contributed by atoms with Crippen molar-refractivity contribution in [3.05, 3.63) is 24.3 Å². The Morgan fingerprint density at radius 3 is 2.56 bits per heavy atom. The molecule has 0 radical (unpaired) electrons. The van der Waals surface area contributed by atoms with Gasteiger partial charge >= 0.3 is 0 Å². The third-order valence-corrected chi connectivity index (χ3v) is 4.72. The highest BCUT2D eigenvalue weighted by molar-refractivity contribution is 5.31. The van der Waals surface area contributed by atoms with E-state index in [0.29, 0.717) is 6.42 Å². The van der Waals surface area contributed by atoms with E-state index in [1.807, 2.05) is 24.3 Å². The molecular formula is C21H34FNO2. The molecule has 0 unspecified atom stereocenters. The zero-order valence-electron chi connectivity index (χ0n) is 16.1. The van der Waals surface area contributed by atoms with Crippen molar-refractivity contribution in [2.24, 2.45) is 0 Å². The van der Waals surface area contributed by atoms with Gasteiger partial charge in [-0.05, 0) is 76.8 Å². The Bertz CT molecular complexity index is 489. The Kier molecular flexibility index (Phi) is 8.01. The topological polar surface area (TPSA) is 21.7 Å². The Morgan fingerprint density at radius 2 is 1.88 bits per heavy atom. The molecule has 0 aromatic heterocycles. The molecule has 1 fully saturated rings. The van der Waals surface area contributed by atoms with Crippen LogP contribution in [0.25, 0.3) is 0 Å². The van der Waals surface area contributed by atoms with Crippen LogP contribution in [0.2, 0.25) is 0 Å². The quantitative estimate of drug-likeness (QED) is 0.575. The predicted molar refractivity (Wildman–Crippen MR) is 101 cm³/mol. The molecule has 1 aliphatic rings. The van der Waals surface area contributed by atoms with Gasteiger partial charge in [0.25, 0.3) is 0 Å². The zero-order chi connectivity index (χ0) is 18.1. The average molecular weight is 352 g/mol. The molecule has 0 amide bonds. The molecule has 1 aliphatic heterocycles. The minimum atomic E-state index is -0.238. The maximum Gasteiger partial charge on any atom is 0.120 e. The van der Waals surface area contributed by atoms with Crippen molar-refractivity contribution in [1.29, 1.82) is 0 Å². The van der Waals surface area contributed by atoms with Crippen LogP contribution in [0.15, 0.2) is 24.3 Å². The van der Waals surface area contributed by atoms with Crippen LogP contribution in [0.4, 0.5) is 4.39 Å². The van der Waals surface area contributed by atoms with Gasteiger partial charge in [0, 0.05) is 13.1 Å². The van der Waals surface area contributed by atoms with E-state index in [0.717, 1.165) is 50.4 Å². The molecule has 1 aromatic rings. The van der Waals surface area contributed by atoms with Gasteiger partial charge in [-0.1, -0.05) is 13.3 Å². The first-order chi connectivity index (χ1) is 12.0. The van der Waals surface area contributed by atoms with Crippen LogP contribution >= 0.6 is 0 Å². The number of rotatable bonds is 10. The second-order valence-electron chi connectivity index (χ2n) is 7.66. The number of halogens is 1. The molecule has 0 saturated carbocycles. The summed E-state index contributed by atoms with van der Waals surface area (Å²) in [6.07, 6.45) is 6.41. The summed E-state index contributed by atoms with van der Waals surface area (Å²) in [6, 6.07) is 7.97. The highest BCUT2D eigenvalue weighted by atomic mass is 19.1. The van der Waals surface area contributed by atoms with E-state index in [2.05, 4.69) is 25.7 Å². The summed E-state index contributed by atoms with van der Waals surface area (Å²) in [6.45, 7) is 9.02. The van der Waals surface area contributed by atoms with Crippen molar-refractivity contribution >= 4 is 0 Å². The van der Waals surface area contributed by atoms with Crippen LogP contribution in [-0.2, 0) is 0 Å². The van der Waals surface area contributed by atoms with Gasteiger partial charge in [-0.15, -0.1) is 0 Å². The molecule has 3 nitrogen and oxygen atoms in total. The fourth-order valence-electron chi connectivity index (χ4n) is 3.35. The number of ether oxygens (including phenoxy) is 2. The number of hydrogen-bond acceptors (Lipinski definition) is 3. The molecule has 25 heavy (non-hydrogen) atoms. The number of hydrogen-bond donors (Lipinski definition) is 0. The molecule has 1 saturated heterocycles. The van der Waals surface area contributed by atoms with Crippen molar-refractivity contribution < 1.29 is 13.9 Å². The Morgan fingerprint density at radius 1 is 1.16 bits per heavy atom. The van der Waals surface area contributed by atoms with Crippen LogP contribution in [-0.4, -0.2) is 42.9 Å². The lowest BCUT2D eigenvalue weighted by Crippen LogP contribution is -2.41. The van der Waals surface area contributed by atoms with E-state index in [1.165, 1.54) is 12.8 Å². The van der Waals surface area contributed by atoms with Gasteiger partial charge in [0.05, 0.1) is 6.67 Å². The molecule has 0 spiro atoms. The number of likely N-dealkylation sites (tertiary alicyclic amines) is 1. The van der Waals surface area contributed by atoms with E-state index in [-0.39, 0.29) is 18.4 Å². The summed E-state index contributed by atoms with van der Waals surface area (Å²) in [5.74, 6) is 1.78. The van der Waals surface area contributed by atoms with Gasteiger partial charge in [0.1, 0.15) is 23.2 Å². The molecule has 4 heteroatoms. The van der Waals surface area contributed by atoms with Crippen molar-refractivity contribution in [2.75, 3.05) is 26.3 Å². The lowest BCUT2D eigenvalue weighted by atomic mass is 10.0. The number of nitrogens with zero attached hydrogens (tertiary/aromatic N) is 1. The predicted octanol–water partition coefficient (Wildman–Crippen LogP) is 5.24. The standard InChI is InChI=1S/C21H34FNO2/c1-4-5-13-21(2,3)25-19-11-9-18(10-12-19)24-20-8-6-15-23(17-20)16-7-14-22/h9-12,20H,4-8,13-17H2,1-3H3/t20-/m0/s1. The van der Waals surface area contributed by atoms with Crippen LogP contribution < -0.4 is 9.47 Å². The average Bonchev–Trinajstić information content (AvgIpc) is 2.60. The molecule has 1 aromatic carbocycles. The van der Waals surface area contributed by atoms with Gasteiger partial charge in [0.2, 0.25) is 0 Å². The first-order valence-corrected chi connectivity index (χ1v) is 9.76. The molecule has 1 heterocycles. The highest BCUT2D eigenvalue weighted by Crippen LogP contribution is 2.26. The van der Waals surface area contributed by atoms with Gasteiger partial charge in [0.15, 0.2) is 0 Å². The molecule has 0 bridgehead atoms. The van der Waals surface area contributed by atoms with Crippen LogP contribution in [0.3, 0.4) is 0 Å². The SMILES string of the molecule is CCCCC(C)(C)Oc1ccc(O[C@H]2CCCN(CCCF)C2)cc1. The fourth-order valence-corrected chi connectivity index (χ4v) is 3.35. The lowest BCUT2D eigenvalue weighted by Gasteiger charge is -2.32. The summed E-state index contributed by atoms with van der Waals surface area (Å²) in [5, 5.41) is 0. The maximum absolute atomic E-state index is 12.3. The van der Waals surface area contributed by atoms with E-state index < -0.39 is 0 Å². The molecule has 142 valence electrons. The summed E-state index contributed by atoms with van der Waals surface area (Å²) < 4.78 is 24.6. The molecular weight excluding hydrogens is 317 g/mol. The Labute approximate surface area is 152 Å². The third-order valence-electron chi connectivity index (χ3n) is 4.72. The molecule has 0 N–H and O–H groups in total. The summed E-state index contributed by atoms with van der Waals surface area (Å²) in [5.41, 5.74) is -0.140. The maximum atomic E-state index is 12.3. The van der Waals surface area contributed by atoms with Gasteiger partial charge < -0.3 is 9.47 Å². The summed E-state index contributed by atoms with van der Waals surface area (Å²) >= 11 is 0. The molecule has 2 rings (SSSR count). The summed E-state index contributed by atoms with van der Waals surface area (Å²) in [7, 11) is 0. The van der Waals surface area contributed by atoms with E-state index >= 15 is 0 Å². The molecule has 1 atom stereocenters. The third kappa shape index (κ3) is 7.23. The summed E-state index contributed by atoms with van der Waals surface area (Å²) in [4.78, 5) is 2.31. The van der Waals surface area contributed by atoms with E-state index in [9.17, 15) is 4.39 Å². The second kappa shape index (κ2) is 10.0. The number of unbranched alkanes of at least 4 members (excludes halogenated alkanes) is 1. The van der Waals surface area contributed by atoms with Gasteiger partial charge in [-0.2, -0.15) is 0 Å². The van der Waals surface area contributed by atoms with Gasteiger partial charge in [-0.25, -0.2) is 0 Å². The smallest absolute Gasteiger partial charge is 0.120 e. The van der Waals surface area contributed by atoms with Gasteiger partial charge in [-0.3, -0.25) is 9.29 Å². The number of piperidine rings is 1. The zero-order valence-corrected chi connectivity index (χ0v) is 16.1. The van der Waals surface area contributed by atoms with Crippen LogP contribution in [0.1, 0.15) is 59.3 Å². The highest BCUT2D eigenvalue weighted by Gasteiger charge is 2.21. The van der Waals surface area contributed by atoms with E-state index in [1.54, 1.807) is 0 Å². The molecule has 0 aliphatic carbocycles. The van der Waals surface area contributed by atoms with Crippen molar-refractivity contribution in [2.45, 2.75) is 71.0 Å². The fraction of sp³-hybridized carbons (Fsp3) is 0.714. The van der Waals surface area contributed by atoms with Crippen molar-refractivity contribution in [3.8, 4) is 11.5 Å². The van der Waals surface area contributed by atoms with Crippen molar-refractivity contribution in [1.82, 2.24) is 4.90 Å². The monoisotopic (exact) mass is 351 g/mol. The Balaban J connectivity index is 1.83. The van der Waals surface area contributed by atoms with Crippen molar-refractivity contribution in [3.63, 3.8) is 0 Å². The number of benzene rings is 1. The largest absolute Gasteiger partial charge is 0.489 e. The number of alkyl halides is 1. The normalized spacial score (nSPS) is 19.0. The minimum absolute atomic E-state index is 0.140. The van der Waals surface area contributed by atoms with E-state index in [4.69, 9.17) is 9.47 Å². The van der Waals surface area contributed by atoms with Crippen LogP contribution in [0, 0.1) is 0 Å². The second-order valence-corrected chi connectivity index (χ2v) is 7.66. The first-order valence-electron chi connectivity index (χ1n) is 9.76. The van der Waals surface area contributed by atoms with Crippen LogP contribution in [0.5, 0.6) is 11.5 Å². The lowest BCUT2D eigenvalue weighted by molar-refractivity contribution is 0.0854. The minimum Gasteiger partial charge on any atom is -0.489 e. The Hall–Kier alpha value is -1.29. The first kappa shape index (κ1) is 20.0.